The van der Waals surface area contributed by atoms with Gasteiger partial charge in [0.1, 0.15) is 11.5 Å². The van der Waals surface area contributed by atoms with Crippen molar-refractivity contribution in [3.8, 4) is 11.5 Å². The van der Waals surface area contributed by atoms with Crippen LogP contribution >= 0.6 is 0 Å². The van der Waals surface area contributed by atoms with Gasteiger partial charge in [0, 0.05) is 5.39 Å². The molecule has 6 N–H and O–H groups in total. The summed E-state index contributed by atoms with van der Waals surface area (Å²) in [7, 11) is 0. The molecule has 72 valence electrons. The lowest BCUT2D eigenvalue weighted by Gasteiger charge is -2.07. The van der Waals surface area contributed by atoms with Crippen LogP contribution < -0.4 is 11.5 Å². The summed E-state index contributed by atoms with van der Waals surface area (Å²) in [5, 5.41) is 20.0. The van der Waals surface area contributed by atoms with Crippen LogP contribution in [-0.4, -0.2) is 10.2 Å². The molecule has 0 saturated heterocycles. The lowest BCUT2D eigenvalue weighted by Crippen LogP contribution is -1.95. The van der Waals surface area contributed by atoms with Gasteiger partial charge in [-0.15, -0.1) is 0 Å². The van der Waals surface area contributed by atoms with Crippen molar-refractivity contribution in [2.24, 2.45) is 0 Å². The van der Waals surface area contributed by atoms with Crippen LogP contribution in [0.25, 0.3) is 10.8 Å². The maximum absolute atomic E-state index is 9.40. The standard InChI is InChI=1S/C10H10N2O2/c11-9-7-2-1-6(13)3-5(7)4-8(14)10(9)12/h1-4,13-14H,11-12H2. The number of anilines is 2. The van der Waals surface area contributed by atoms with Crippen molar-refractivity contribution >= 4 is 22.1 Å². The summed E-state index contributed by atoms with van der Waals surface area (Å²) in [6, 6.07) is 6.18. The van der Waals surface area contributed by atoms with Gasteiger partial charge in [-0.2, -0.15) is 0 Å². The van der Waals surface area contributed by atoms with Crippen molar-refractivity contribution in [2.45, 2.75) is 0 Å². The molecule has 0 aliphatic rings. The van der Waals surface area contributed by atoms with E-state index in [-0.39, 0.29) is 17.2 Å². The molecule has 0 amide bonds. The minimum absolute atomic E-state index is 0.0689. The number of hydrogen-bond donors (Lipinski definition) is 4. The van der Waals surface area contributed by atoms with E-state index in [1.54, 1.807) is 6.07 Å². The van der Waals surface area contributed by atoms with Gasteiger partial charge < -0.3 is 21.7 Å². The van der Waals surface area contributed by atoms with Crippen LogP contribution in [-0.2, 0) is 0 Å². The number of rotatable bonds is 0. The minimum atomic E-state index is -0.0689. The largest absolute Gasteiger partial charge is 0.508 e. The van der Waals surface area contributed by atoms with Crippen molar-refractivity contribution < 1.29 is 10.2 Å². The van der Waals surface area contributed by atoms with Crippen LogP contribution in [0.15, 0.2) is 24.3 Å². The highest BCUT2D eigenvalue weighted by atomic mass is 16.3. The molecule has 0 radical (unpaired) electrons. The summed E-state index contributed by atoms with van der Waals surface area (Å²) < 4.78 is 0. The first-order valence-corrected chi connectivity index (χ1v) is 4.09. The molecule has 0 fully saturated rings. The second-order valence-electron chi connectivity index (χ2n) is 3.13. The Balaban J connectivity index is 2.91. The fourth-order valence-corrected chi connectivity index (χ4v) is 1.42. The topological polar surface area (TPSA) is 92.5 Å². The lowest BCUT2D eigenvalue weighted by atomic mass is 10.1. The Morgan fingerprint density at radius 2 is 1.64 bits per heavy atom. The van der Waals surface area contributed by atoms with Gasteiger partial charge in [0.15, 0.2) is 0 Å². The van der Waals surface area contributed by atoms with Crippen molar-refractivity contribution in [3.63, 3.8) is 0 Å². The smallest absolute Gasteiger partial charge is 0.141 e. The summed E-state index contributed by atoms with van der Waals surface area (Å²) in [4.78, 5) is 0. The predicted molar refractivity (Wildman–Crippen MR) is 56.1 cm³/mol. The molecule has 2 rings (SSSR count). The summed E-state index contributed by atoms with van der Waals surface area (Å²) in [5.41, 5.74) is 11.8. The molecule has 2 aromatic carbocycles. The van der Waals surface area contributed by atoms with Crippen molar-refractivity contribution in [3.05, 3.63) is 24.3 Å². The average Bonchev–Trinajstić information content (AvgIpc) is 2.14. The number of phenols is 2. The Bertz CT molecular complexity index is 509. The third-order valence-corrected chi connectivity index (χ3v) is 2.18. The normalized spacial score (nSPS) is 10.6. The first-order chi connectivity index (χ1) is 6.59. The van der Waals surface area contributed by atoms with Gasteiger partial charge in [-0.25, -0.2) is 0 Å². The summed E-state index contributed by atoms with van der Waals surface area (Å²) in [5.74, 6) is 0.0571. The maximum atomic E-state index is 9.40. The second kappa shape index (κ2) is 2.70. The third-order valence-electron chi connectivity index (χ3n) is 2.18. The Labute approximate surface area is 80.4 Å². The fraction of sp³-hybridized carbons (Fsp3) is 0. The van der Waals surface area contributed by atoms with Crippen LogP contribution in [0.5, 0.6) is 11.5 Å². The van der Waals surface area contributed by atoms with E-state index >= 15 is 0 Å². The molecule has 0 spiro atoms. The fourth-order valence-electron chi connectivity index (χ4n) is 1.42. The van der Waals surface area contributed by atoms with Gasteiger partial charge in [0.25, 0.3) is 0 Å². The molecule has 4 nitrogen and oxygen atoms in total. The number of hydrogen-bond acceptors (Lipinski definition) is 4. The number of benzene rings is 2. The predicted octanol–water partition coefficient (Wildman–Crippen LogP) is 1.42. The van der Waals surface area contributed by atoms with Crippen molar-refractivity contribution in [1.29, 1.82) is 0 Å². The van der Waals surface area contributed by atoms with Crippen LogP contribution in [0.1, 0.15) is 0 Å². The van der Waals surface area contributed by atoms with E-state index in [9.17, 15) is 10.2 Å². The number of aromatic hydroxyl groups is 2. The molecule has 4 heteroatoms. The molecular weight excluding hydrogens is 180 g/mol. The minimum Gasteiger partial charge on any atom is -0.508 e. The van der Waals surface area contributed by atoms with Gasteiger partial charge in [-0.3, -0.25) is 0 Å². The Hall–Kier alpha value is -2.10. The Morgan fingerprint density at radius 3 is 2.36 bits per heavy atom. The zero-order chi connectivity index (χ0) is 10.3. The van der Waals surface area contributed by atoms with Gasteiger partial charge in [0.05, 0.1) is 11.4 Å². The molecule has 0 aliphatic carbocycles. The van der Waals surface area contributed by atoms with Gasteiger partial charge in [-0.05, 0) is 29.7 Å². The molecule has 0 bridgehead atoms. The first kappa shape index (κ1) is 8.50. The zero-order valence-electron chi connectivity index (χ0n) is 7.36. The number of fused-ring (bicyclic) bond motifs is 1. The maximum Gasteiger partial charge on any atom is 0.141 e. The summed E-state index contributed by atoms with van der Waals surface area (Å²) in [6.45, 7) is 0. The van der Waals surface area contributed by atoms with E-state index in [0.717, 1.165) is 5.39 Å². The average molecular weight is 190 g/mol. The number of nitrogen functional groups attached to an aromatic ring is 2. The number of phenolic OH excluding ortho intramolecular Hbond substituents is 2. The molecule has 0 heterocycles. The zero-order valence-corrected chi connectivity index (χ0v) is 7.36. The Kier molecular flexibility index (Phi) is 1.64. The molecule has 0 aliphatic heterocycles. The quantitative estimate of drug-likeness (QED) is 0.373. The van der Waals surface area contributed by atoms with Crippen LogP contribution in [0, 0.1) is 0 Å². The van der Waals surface area contributed by atoms with E-state index in [1.165, 1.54) is 18.2 Å². The van der Waals surface area contributed by atoms with Gasteiger partial charge >= 0.3 is 0 Å². The van der Waals surface area contributed by atoms with Crippen molar-refractivity contribution in [2.75, 3.05) is 11.5 Å². The van der Waals surface area contributed by atoms with Crippen molar-refractivity contribution in [1.82, 2.24) is 0 Å². The molecule has 14 heavy (non-hydrogen) atoms. The third kappa shape index (κ3) is 1.08. The second-order valence-corrected chi connectivity index (χ2v) is 3.13. The summed E-state index contributed by atoms with van der Waals surface area (Å²) in [6.07, 6.45) is 0. The van der Waals surface area contributed by atoms with Gasteiger partial charge in [0.2, 0.25) is 0 Å². The Morgan fingerprint density at radius 1 is 0.929 bits per heavy atom. The van der Waals surface area contributed by atoms with E-state index < -0.39 is 0 Å². The highest BCUT2D eigenvalue weighted by Crippen LogP contribution is 2.35. The van der Waals surface area contributed by atoms with Crippen LogP contribution in [0.4, 0.5) is 11.4 Å². The monoisotopic (exact) mass is 190 g/mol. The molecule has 2 aromatic rings. The van der Waals surface area contributed by atoms with Gasteiger partial charge in [-0.1, -0.05) is 0 Å². The van der Waals surface area contributed by atoms with E-state index in [0.29, 0.717) is 11.1 Å². The highest BCUT2D eigenvalue weighted by Gasteiger charge is 2.07. The molecular formula is C10H10N2O2. The highest BCUT2D eigenvalue weighted by molar-refractivity contribution is 6.01. The van der Waals surface area contributed by atoms with E-state index in [4.69, 9.17) is 11.5 Å². The summed E-state index contributed by atoms with van der Waals surface area (Å²) >= 11 is 0. The SMILES string of the molecule is Nc1c(O)cc2cc(O)ccc2c1N. The van der Waals surface area contributed by atoms with E-state index in [1.807, 2.05) is 0 Å². The van der Waals surface area contributed by atoms with Crippen LogP contribution in [0.2, 0.25) is 0 Å². The number of nitrogens with two attached hydrogens (primary N) is 2. The molecule has 0 saturated carbocycles. The first-order valence-electron chi connectivity index (χ1n) is 4.09. The lowest BCUT2D eigenvalue weighted by molar-refractivity contribution is 0.475. The van der Waals surface area contributed by atoms with E-state index in [2.05, 4.69) is 0 Å². The molecule has 0 atom stereocenters. The van der Waals surface area contributed by atoms with Crippen LogP contribution in [0.3, 0.4) is 0 Å². The molecule has 0 unspecified atom stereocenters. The molecule has 0 aromatic heterocycles.